The van der Waals surface area contributed by atoms with Crippen LogP contribution >= 0.6 is 11.6 Å². The normalized spacial score (nSPS) is 11.9. The lowest BCUT2D eigenvalue weighted by molar-refractivity contribution is -0.115. The summed E-state index contributed by atoms with van der Waals surface area (Å²) in [6.45, 7) is 0.0774. The van der Waals surface area contributed by atoms with Crippen molar-refractivity contribution in [2.24, 2.45) is 0 Å². The molecule has 1 N–H and O–H groups in total. The first-order chi connectivity index (χ1) is 11.6. The fourth-order valence-electron chi connectivity index (χ4n) is 2.17. The molecule has 1 unspecified atom stereocenters. The largest absolute Gasteiger partial charge is 0.445 e. The molecule has 3 aromatic rings. The van der Waals surface area contributed by atoms with Crippen LogP contribution in [0.2, 0.25) is 0 Å². The Labute approximate surface area is 142 Å². The minimum atomic E-state index is -1.21. The summed E-state index contributed by atoms with van der Waals surface area (Å²) in [5.41, 5.74) is 1.98. The number of aromatic nitrogens is 3. The number of benzene rings is 2. The molecule has 24 heavy (non-hydrogen) atoms. The summed E-state index contributed by atoms with van der Waals surface area (Å²) < 4.78 is 6.34. The Kier molecular flexibility index (Phi) is 4.72. The molecule has 0 saturated heterocycles. The highest BCUT2D eigenvalue weighted by Gasteiger charge is 2.24. The van der Waals surface area contributed by atoms with Gasteiger partial charge >= 0.3 is 6.09 Å². The number of nitrogens with zero attached hydrogens (tertiary/aromatic N) is 3. The van der Waals surface area contributed by atoms with Crippen molar-refractivity contribution in [1.82, 2.24) is 20.3 Å². The van der Waals surface area contributed by atoms with Crippen molar-refractivity contribution in [3.8, 4) is 0 Å². The molecule has 2 aromatic carbocycles. The van der Waals surface area contributed by atoms with E-state index in [1.54, 1.807) is 24.3 Å². The fraction of sp³-hybridized carbons (Fsp3) is 0.125. The van der Waals surface area contributed by atoms with Crippen molar-refractivity contribution in [2.45, 2.75) is 12.8 Å². The van der Waals surface area contributed by atoms with Gasteiger partial charge < -0.3 is 4.74 Å². The van der Waals surface area contributed by atoms with E-state index in [9.17, 15) is 9.59 Å². The minimum Gasteiger partial charge on any atom is -0.445 e. The number of halogens is 1. The number of para-hydroxylation sites is 1. The van der Waals surface area contributed by atoms with E-state index in [0.29, 0.717) is 11.0 Å². The summed E-state index contributed by atoms with van der Waals surface area (Å²) in [6.07, 6.45) is -1.99. The molecular weight excluding hydrogens is 332 g/mol. The lowest BCUT2D eigenvalue weighted by atomic mass is 10.2. The Morgan fingerprint density at radius 3 is 2.58 bits per heavy atom. The van der Waals surface area contributed by atoms with Crippen molar-refractivity contribution in [2.75, 3.05) is 0 Å². The molecule has 8 heteroatoms. The first kappa shape index (κ1) is 15.9. The van der Waals surface area contributed by atoms with E-state index in [0.717, 1.165) is 5.56 Å². The number of nitrogens with one attached hydrogen (secondary N) is 1. The van der Waals surface area contributed by atoms with Gasteiger partial charge in [-0.1, -0.05) is 47.7 Å². The topological polar surface area (TPSA) is 86.1 Å². The quantitative estimate of drug-likeness (QED) is 0.719. The van der Waals surface area contributed by atoms with Gasteiger partial charge in [-0.25, -0.2) is 9.48 Å². The number of alkyl carbamates (subject to hydrolysis) is 1. The van der Waals surface area contributed by atoms with Crippen molar-refractivity contribution < 1.29 is 14.3 Å². The second kappa shape index (κ2) is 7.10. The van der Waals surface area contributed by atoms with Gasteiger partial charge in [-0.15, -0.1) is 5.10 Å². The minimum absolute atomic E-state index is 0.0774. The first-order valence-corrected chi connectivity index (χ1v) is 7.49. The van der Waals surface area contributed by atoms with E-state index in [1.165, 1.54) is 4.68 Å². The molecule has 1 atom stereocenters. The summed E-state index contributed by atoms with van der Waals surface area (Å²) in [5.74, 6) is 0. The summed E-state index contributed by atoms with van der Waals surface area (Å²) in [4.78, 5) is 23.7. The van der Waals surface area contributed by atoms with Crippen LogP contribution in [0.3, 0.4) is 0 Å². The zero-order chi connectivity index (χ0) is 16.9. The summed E-state index contributed by atoms with van der Waals surface area (Å²) in [7, 11) is 0. The summed E-state index contributed by atoms with van der Waals surface area (Å²) in [6, 6.07) is 16.2. The molecule has 1 heterocycles. The van der Waals surface area contributed by atoms with Gasteiger partial charge in [0.15, 0.2) is 0 Å². The van der Waals surface area contributed by atoms with E-state index in [-0.39, 0.29) is 6.61 Å². The zero-order valence-electron chi connectivity index (χ0n) is 12.4. The van der Waals surface area contributed by atoms with Crippen LogP contribution in [-0.4, -0.2) is 26.3 Å². The highest BCUT2D eigenvalue weighted by molar-refractivity contribution is 6.64. The lowest BCUT2D eigenvalue weighted by Crippen LogP contribution is -2.37. The molecular formula is C16H13ClN4O3. The van der Waals surface area contributed by atoms with Crippen LogP contribution in [0.25, 0.3) is 11.0 Å². The third-order valence-corrected chi connectivity index (χ3v) is 3.51. The van der Waals surface area contributed by atoms with Crippen LogP contribution < -0.4 is 5.32 Å². The summed E-state index contributed by atoms with van der Waals surface area (Å²) >= 11 is 5.60. The number of fused-ring (bicyclic) bond motifs is 1. The van der Waals surface area contributed by atoms with Crippen LogP contribution in [0.4, 0.5) is 4.79 Å². The molecule has 0 spiro atoms. The van der Waals surface area contributed by atoms with Crippen molar-refractivity contribution in [1.29, 1.82) is 0 Å². The number of hydrogen-bond donors (Lipinski definition) is 1. The van der Waals surface area contributed by atoms with E-state index < -0.39 is 17.5 Å². The molecule has 0 fully saturated rings. The number of amides is 1. The Hall–Kier alpha value is -2.93. The SMILES string of the molecule is O=C(NC(C(=O)Cl)n1nnc2ccccc21)OCc1ccccc1. The van der Waals surface area contributed by atoms with E-state index in [2.05, 4.69) is 15.6 Å². The van der Waals surface area contributed by atoms with Crippen molar-refractivity contribution in [3.63, 3.8) is 0 Å². The molecule has 0 aliphatic carbocycles. The second-order valence-corrected chi connectivity index (χ2v) is 5.31. The number of carbonyl (C=O) groups is 2. The number of ether oxygens (including phenoxy) is 1. The molecule has 0 aliphatic rings. The number of hydrogen-bond acceptors (Lipinski definition) is 5. The first-order valence-electron chi connectivity index (χ1n) is 7.11. The van der Waals surface area contributed by atoms with Gasteiger partial charge in [-0.2, -0.15) is 0 Å². The maximum atomic E-state index is 12.0. The third-order valence-electron chi connectivity index (χ3n) is 3.30. The molecule has 7 nitrogen and oxygen atoms in total. The average molecular weight is 345 g/mol. The Morgan fingerprint density at radius 1 is 1.12 bits per heavy atom. The predicted molar refractivity (Wildman–Crippen MR) is 87.2 cm³/mol. The van der Waals surface area contributed by atoms with Crippen LogP contribution in [0.1, 0.15) is 11.7 Å². The number of rotatable bonds is 5. The van der Waals surface area contributed by atoms with Gasteiger partial charge in [0.1, 0.15) is 12.1 Å². The molecule has 1 amide bonds. The lowest BCUT2D eigenvalue weighted by Gasteiger charge is -2.15. The Bertz CT molecular complexity index is 866. The molecule has 0 radical (unpaired) electrons. The molecule has 3 rings (SSSR count). The smallest absolute Gasteiger partial charge is 0.409 e. The molecule has 0 bridgehead atoms. The standard InChI is InChI=1S/C16H13ClN4O3/c17-14(22)15(21-13-9-5-4-8-12(13)19-20-21)18-16(23)24-10-11-6-2-1-3-7-11/h1-9,15H,10H2,(H,18,23). The maximum absolute atomic E-state index is 12.0. The maximum Gasteiger partial charge on any atom is 0.409 e. The van der Waals surface area contributed by atoms with Crippen LogP contribution in [0.5, 0.6) is 0 Å². The molecule has 0 aliphatic heterocycles. The zero-order valence-corrected chi connectivity index (χ0v) is 13.2. The fourth-order valence-corrected chi connectivity index (χ4v) is 2.32. The molecule has 122 valence electrons. The molecule has 0 saturated carbocycles. The predicted octanol–water partition coefficient (Wildman–Crippen LogP) is 2.62. The molecule has 1 aromatic heterocycles. The number of carbonyl (C=O) groups excluding carboxylic acids is 2. The van der Waals surface area contributed by atoms with E-state index >= 15 is 0 Å². The van der Waals surface area contributed by atoms with Gasteiger partial charge in [-0.3, -0.25) is 10.1 Å². The van der Waals surface area contributed by atoms with Gasteiger partial charge in [-0.05, 0) is 29.3 Å². The van der Waals surface area contributed by atoms with Crippen LogP contribution in [-0.2, 0) is 16.1 Å². The second-order valence-electron chi connectivity index (χ2n) is 4.94. The van der Waals surface area contributed by atoms with Crippen molar-refractivity contribution >= 4 is 34.0 Å². The van der Waals surface area contributed by atoms with Gasteiger partial charge in [0.2, 0.25) is 6.17 Å². The van der Waals surface area contributed by atoms with Gasteiger partial charge in [0, 0.05) is 0 Å². The highest BCUT2D eigenvalue weighted by atomic mass is 35.5. The van der Waals surface area contributed by atoms with Crippen LogP contribution in [0, 0.1) is 0 Å². The van der Waals surface area contributed by atoms with Crippen LogP contribution in [0.15, 0.2) is 54.6 Å². The third kappa shape index (κ3) is 3.52. The summed E-state index contributed by atoms with van der Waals surface area (Å²) in [5, 5.41) is 9.41. The van der Waals surface area contributed by atoms with E-state index in [1.807, 2.05) is 30.3 Å². The average Bonchev–Trinajstić information content (AvgIpc) is 3.02. The Morgan fingerprint density at radius 2 is 1.83 bits per heavy atom. The monoisotopic (exact) mass is 344 g/mol. The Balaban J connectivity index is 1.72. The highest BCUT2D eigenvalue weighted by Crippen LogP contribution is 2.16. The van der Waals surface area contributed by atoms with Gasteiger partial charge in [0.25, 0.3) is 5.24 Å². The van der Waals surface area contributed by atoms with Gasteiger partial charge in [0.05, 0.1) is 5.52 Å². The van der Waals surface area contributed by atoms with Crippen molar-refractivity contribution in [3.05, 3.63) is 60.2 Å². The van der Waals surface area contributed by atoms with E-state index in [4.69, 9.17) is 16.3 Å².